The Morgan fingerprint density at radius 2 is 2.25 bits per heavy atom. The molecule has 4 heteroatoms. The van der Waals surface area contributed by atoms with E-state index >= 15 is 0 Å². The van der Waals surface area contributed by atoms with Crippen molar-refractivity contribution in [3.8, 4) is 0 Å². The topological polar surface area (TPSA) is 58.6 Å². The number of carbonyl (C=O) groups excluding carboxylic acids is 1. The van der Waals surface area contributed by atoms with Gasteiger partial charge >= 0.3 is 0 Å². The Bertz CT molecular complexity index is 514. The van der Waals surface area contributed by atoms with E-state index in [-0.39, 0.29) is 17.9 Å². The molecule has 2 aliphatic rings. The van der Waals surface area contributed by atoms with Crippen LogP contribution in [0.2, 0.25) is 0 Å². The number of amides is 1. The molecule has 3 atom stereocenters. The number of anilines is 1. The summed E-state index contributed by atoms with van der Waals surface area (Å²) in [4.78, 5) is 11.5. The zero-order valence-electron chi connectivity index (χ0n) is 11.8. The Balaban J connectivity index is 1.84. The van der Waals surface area contributed by atoms with Crippen molar-refractivity contribution in [2.45, 2.75) is 44.8 Å². The van der Waals surface area contributed by atoms with Gasteiger partial charge in [-0.05, 0) is 43.4 Å². The normalized spacial score (nSPS) is 27.6. The first-order valence-electron chi connectivity index (χ1n) is 7.37. The summed E-state index contributed by atoms with van der Waals surface area (Å²) in [5, 5.41) is 13.5. The van der Waals surface area contributed by atoms with Crippen molar-refractivity contribution in [2.75, 3.05) is 11.9 Å². The molecule has 4 nitrogen and oxygen atoms in total. The summed E-state index contributed by atoms with van der Waals surface area (Å²) in [5.41, 5.74) is 2.94. The van der Waals surface area contributed by atoms with E-state index in [1.54, 1.807) is 0 Å². The number of ether oxygens (including phenoxy) is 1. The monoisotopic (exact) mass is 275 g/mol. The van der Waals surface area contributed by atoms with Crippen LogP contribution in [0.1, 0.15) is 43.4 Å². The van der Waals surface area contributed by atoms with Crippen molar-refractivity contribution < 1.29 is 14.6 Å². The van der Waals surface area contributed by atoms with E-state index < -0.39 is 6.10 Å². The van der Waals surface area contributed by atoms with Gasteiger partial charge < -0.3 is 15.2 Å². The molecule has 0 aromatic heterocycles. The van der Waals surface area contributed by atoms with Crippen LogP contribution in [0.5, 0.6) is 0 Å². The Morgan fingerprint density at radius 1 is 1.40 bits per heavy atom. The Labute approximate surface area is 119 Å². The highest BCUT2D eigenvalue weighted by Gasteiger charge is 2.32. The lowest BCUT2D eigenvalue weighted by Gasteiger charge is -2.22. The first-order valence-corrected chi connectivity index (χ1v) is 7.37. The van der Waals surface area contributed by atoms with Gasteiger partial charge in [-0.3, -0.25) is 4.79 Å². The van der Waals surface area contributed by atoms with Gasteiger partial charge in [-0.1, -0.05) is 12.1 Å². The third kappa shape index (κ3) is 2.58. The largest absolute Gasteiger partial charge is 0.388 e. The summed E-state index contributed by atoms with van der Waals surface area (Å²) in [6.07, 6.45) is 2.82. The summed E-state index contributed by atoms with van der Waals surface area (Å²) < 4.78 is 5.54. The van der Waals surface area contributed by atoms with Gasteiger partial charge in [0.2, 0.25) is 5.91 Å². The predicted octanol–water partition coefficient (Wildman–Crippen LogP) is 2.42. The van der Waals surface area contributed by atoms with Gasteiger partial charge in [0, 0.05) is 24.6 Å². The van der Waals surface area contributed by atoms with Crippen LogP contribution in [0.4, 0.5) is 5.69 Å². The smallest absolute Gasteiger partial charge is 0.224 e. The number of aliphatic hydroxyl groups is 1. The molecule has 2 aliphatic heterocycles. The highest BCUT2D eigenvalue weighted by molar-refractivity contribution is 5.92. The van der Waals surface area contributed by atoms with Gasteiger partial charge in [0.15, 0.2) is 0 Å². The number of fused-ring (bicyclic) bond motifs is 1. The number of rotatable bonds is 2. The average molecular weight is 275 g/mol. The van der Waals surface area contributed by atoms with Crippen LogP contribution in [0, 0.1) is 5.92 Å². The number of nitrogens with one attached hydrogen (secondary N) is 1. The van der Waals surface area contributed by atoms with E-state index in [0.29, 0.717) is 6.42 Å². The standard InChI is InChI=1S/C16H21NO3/c1-10-13(7-8-20-10)16(19)12-5-6-14-11(9-12)3-2-4-15(18)17-14/h5-6,9-10,13,16,19H,2-4,7-8H2,1H3,(H,17,18). The molecule has 0 aliphatic carbocycles. The maximum absolute atomic E-state index is 11.5. The summed E-state index contributed by atoms with van der Waals surface area (Å²) in [5.74, 6) is 0.239. The molecule has 2 heterocycles. The van der Waals surface area contributed by atoms with Gasteiger partial charge in [0.1, 0.15) is 0 Å². The number of hydrogen-bond acceptors (Lipinski definition) is 3. The quantitative estimate of drug-likeness (QED) is 0.871. The maximum Gasteiger partial charge on any atom is 0.224 e. The third-order valence-electron chi connectivity index (χ3n) is 4.44. The molecule has 1 amide bonds. The second-order valence-corrected chi connectivity index (χ2v) is 5.79. The molecule has 0 radical (unpaired) electrons. The third-order valence-corrected chi connectivity index (χ3v) is 4.44. The molecular weight excluding hydrogens is 254 g/mol. The minimum absolute atomic E-state index is 0.0786. The van der Waals surface area contributed by atoms with Crippen LogP contribution < -0.4 is 5.32 Å². The van der Waals surface area contributed by atoms with Crippen molar-refractivity contribution >= 4 is 11.6 Å². The molecule has 3 unspecified atom stereocenters. The van der Waals surface area contributed by atoms with Crippen molar-refractivity contribution in [1.29, 1.82) is 0 Å². The van der Waals surface area contributed by atoms with E-state index in [0.717, 1.165) is 42.7 Å². The van der Waals surface area contributed by atoms with Crippen LogP contribution in [-0.4, -0.2) is 23.7 Å². The van der Waals surface area contributed by atoms with Crippen molar-refractivity contribution in [3.05, 3.63) is 29.3 Å². The minimum Gasteiger partial charge on any atom is -0.388 e. The SMILES string of the molecule is CC1OCCC1C(O)c1ccc2c(c1)CCCC(=O)N2. The first kappa shape index (κ1) is 13.6. The fourth-order valence-corrected chi connectivity index (χ4v) is 3.19. The molecular formula is C16H21NO3. The van der Waals surface area contributed by atoms with Gasteiger partial charge in [-0.2, -0.15) is 0 Å². The molecule has 2 N–H and O–H groups in total. The average Bonchev–Trinajstić information content (AvgIpc) is 2.76. The van der Waals surface area contributed by atoms with E-state index in [1.807, 2.05) is 25.1 Å². The minimum atomic E-state index is -0.489. The summed E-state index contributed by atoms with van der Waals surface area (Å²) >= 11 is 0. The molecule has 108 valence electrons. The fourth-order valence-electron chi connectivity index (χ4n) is 3.19. The van der Waals surface area contributed by atoms with Crippen LogP contribution >= 0.6 is 0 Å². The Kier molecular flexibility index (Phi) is 3.76. The van der Waals surface area contributed by atoms with E-state index in [4.69, 9.17) is 4.74 Å². The molecule has 3 rings (SSSR count). The van der Waals surface area contributed by atoms with Gasteiger partial charge in [0.25, 0.3) is 0 Å². The molecule has 1 aromatic carbocycles. The Hall–Kier alpha value is -1.39. The van der Waals surface area contributed by atoms with E-state index in [9.17, 15) is 9.90 Å². The Morgan fingerprint density at radius 3 is 3.00 bits per heavy atom. The fraction of sp³-hybridized carbons (Fsp3) is 0.562. The van der Waals surface area contributed by atoms with E-state index in [2.05, 4.69) is 5.32 Å². The highest BCUT2D eigenvalue weighted by Crippen LogP contribution is 2.35. The first-order chi connectivity index (χ1) is 9.65. The van der Waals surface area contributed by atoms with Crippen LogP contribution in [0.25, 0.3) is 0 Å². The number of benzene rings is 1. The lowest BCUT2D eigenvalue weighted by molar-refractivity contribution is -0.116. The van der Waals surface area contributed by atoms with Crippen molar-refractivity contribution in [1.82, 2.24) is 0 Å². The maximum atomic E-state index is 11.5. The number of hydrogen-bond donors (Lipinski definition) is 2. The lowest BCUT2D eigenvalue weighted by Crippen LogP contribution is -2.20. The molecule has 1 fully saturated rings. The zero-order chi connectivity index (χ0) is 14.1. The van der Waals surface area contributed by atoms with Crippen LogP contribution in [0.3, 0.4) is 0 Å². The summed E-state index contributed by atoms with van der Waals surface area (Å²) in [7, 11) is 0. The van der Waals surface area contributed by atoms with Crippen LogP contribution in [0.15, 0.2) is 18.2 Å². The molecule has 0 spiro atoms. The molecule has 1 saturated heterocycles. The number of aliphatic hydroxyl groups excluding tert-OH is 1. The summed E-state index contributed by atoms with van der Waals surface area (Å²) in [6, 6.07) is 5.87. The van der Waals surface area contributed by atoms with Crippen molar-refractivity contribution in [2.24, 2.45) is 5.92 Å². The van der Waals surface area contributed by atoms with Gasteiger partial charge in [-0.15, -0.1) is 0 Å². The molecule has 20 heavy (non-hydrogen) atoms. The van der Waals surface area contributed by atoms with E-state index in [1.165, 1.54) is 0 Å². The highest BCUT2D eigenvalue weighted by atomic mass is 16.5. The van der Waals surface area contributed by atoms with Crippen LogP contribution in [-0.2, 0) is 16.0 Å². The predicted molar refractivity (Wildman–Crippen MR) is 76.5 cm³/mol. The zero-order valence-corrected chi connectivity index (χ0v) is 11.8. The molecule has 0 saturated carbocycles. The second-order valence-electron chi connectivity index (χ2n) is 5.79. The van der Waals surface area contributed by atoms with Gasteiger partial charge in [-0.25, -0.2) is 0 Å². The summed E-state index contributed by atoms with van der Waals surface area (Å²) in [6.45, 7) is 2.74. The number of carbonyl (C=O) groups is 1. The van der Waals surface area contributed by atoms with Crippen molar-refractivity contribution in [3.63, 3.8) is 0 Å². The van der Waals surface area contributed by atoms with Gasteiger partial charge in [0.05, 0.1) is 12.2 Å². The second kappa shape index (κ2) is 5.54. The molecule has 0 bridgehead atoms. The molecule has 1 aromatic rings. The lowest BCUT2D eigenvalue weighted by atomic mass is 9.89. The number of aryl methyl sites for hydroxylation is 1.